The number of nitro benzene ring substituents is 1. The highest BCUT2D eigenvalue weighted by atomic mass is 16.6. The number of rotatable bonds is 5. The molecule has 1 amide bonds. The maximum atomic E-state index is 12.2. The van der Waals surface area contributed by atoms with E-state index >= 15 is 0 Å². The molecule has 7 nitrogen and oxygen atoms in total. The molecule has 110 valence electrons. The lowest BCUT2D eigenvalue weighted by Gasteiger charge is -2.28. The van der Waals surface area contributed by atoms with E-state index in [1.807, 2.05) is 0 Å². The highest BCUT2D eigenvalue weighted by molar-refractivity contribution is 5.95. The molecule has 0 heterocycles. The smallest absolute Gasteiger partial charge is 0.310 e. The van der Waals surface area contributed by atoms with Crippen molar-refractivity contribution >= 4 is 11.6 Å². The zero-order valence-electron chi connectivity index (χ0n) is 11.7. The van der Waals surface area contributed by atoms with Crippen LogP contribution < -0.4 is 0 Å². The maximum Gasteiger partial charge on any atom is 0.310 e. The molecule has 2 N–H and O–H groups in total. The second-order valence-corrected chi connectivity index (χ2v) is 5.09. The molecule has 0 unspecified atom stereocenters. The molecule has 0 fully saturated rings. The zero-order valence-corrected chi connectivity index (χ0v) is 11.7. The van der Waals surface area contributed by atoms with Gasteiger partial charge in [0.05, 0.1) is 10.5 Å². The van der Waals surface area contributed by atoms with Gasteiger partial charge in [0.2, 0.25) is 0 Å². The van der Waals surface area contributed by atoms with Crippen molar-refractivity contribution < 1.29 is 19.9 Å². The number of aliphatic hydroxyl groups is 1. The normalized spacial score (nSPS) is 11.2. The van der Waals surface area contributed by atoms with E-state index in [-0.39, 0.29) is 12.1 Å². The number of aromatic hydroxyl groups is 1. The highest BCUT2D eigenvalue weighted by Gasteiger charge is 2.24. The Labute approximate surface area is 116 Å². The van der Waals surface area contributed by atoms with E-state index in [9.17, 15) is 25.1 Å². The molecule has 0 aliphatic rings. The predicted molar refractivity (Wildman–Crippen MR) is 72.6 cm³/mol. The molecule has 1 aromatic carbocycles. The van der Waals surface area contributed by atoms with Crippen LogP contribution in [0, 0.1) is 10.1 Å². The van der Waals surface area contributed by atoms with Crippen LogP contribution in [0.1, 0.15) is 31.1 Å². The monoisotopic (exact) mass is 282 g/mol. The summed E-state index contributed by atoms with van der Waals surface area (Å²) >= 11 is 0. The first kappa shape index (κ1) is 15.9. The topological polar surface area (TPSA) is 104 Å². The lowest BCUT2D eigenvalue weighted by molar-refractivity contribution is -0.385. The van der Waals surface area contributed by atoms with E-state index in [4.69, 9.17) is 0 Å². The fourth-order valence-electron chi connectivity index (χ4n) is 1.79. The minimum absolute atomic E-state index is 0.125. The van der Waals surface area contributed by atoms with Gasteiger partial charge < -0.3 is 15.1 Å². The summed E-state index contributed by atoms with van der Waals surface area (Å²) in [6, 6.07) is 3.43. The van der Waals surface area contributed by atoms with Crippen LogP contribution in [-0.2, 0) is 0 Å². The molecule has 1 rings (SSSR count). The average Bonchev–Trinajstić information content (AvgIpc) is 2.33. The van der Waals surface area contributed by atoms with Crippen molar-refractivity contribution in [3.05, 3.63) is 33.9 Å². The van der Waals surface area contributed by atoms with Gasteiger partial charge in [0.25, 0.3) is 5.91 Å². The van der Waals surface area contributed by atoms with Gasteiger partial charge >= 0.3 is 5.69 Å². The molecule has 0 atom stereocenters. The summed E-state index contributed by atoms with van der Waals surface area (Å²) in [7, 11) is 0. The average molecular weight is 282 g/mol. The molecule has 0 aliphatic carbocycles. The standard InChI is InChI=1S/C13H18N2O5/c1-4-14(8-13(2,3)18)12(17)9-5-6-10(15(19)20)11(16)7-9/h5-7,16,18H,4,8H2,1-3H3. The number of nitrogens with zero attached hydrogens (tertiary/aromatic N) is 2. The summed E-state index contributed by atoms with van der Waals surface area (Å²) in [5.74, 6) is -0.958. The Morgan fingerprint density at radius 1 is 1.45 bits per heavy atom. The number of carbonyl (C=O) groups excluding carboxylic acids is 1. The van der Waals surface area contributed by atoms with Gasteiger partial charge in [-0.15, -0.1) is 0 Å². The van der Waals surface area contributed by atoms with Crippen LogP contribution in [0.15, 0.2) is 18.2 Å². The van der Waals surface area contributed by atoms with Crippen molar-refractivity contribution in [3.63, 3.8) is 0 Å². The number of hydrogen-bond donors (Lipinski definition) is 2. The molecule has 0 saturated carbocycles. The number of likely N-dealkylation sites (N-methyl/N-ethyl adjacent to an activating group) is 1. The van der Waals surface area contributed by atoms with Gasteiger partial charge in [-0.25, -0.2) is 0 Å². The van der Waals surface area contributed by atoms with E-state index in [1.54, 1.807) is 20.8 Å². The van der Waals surface area contributed by atoms with Crippen LogP contribution in [0.25, 0.3) is 0 Å². The lowest BCUT2D eigenvalue weighted by Crippen LogP contribution is -2.42. The number of hydrogen-bond acceptors (Lipinski definition) is 5. The number of carbonyl (C=O) groups is 1. The molecule has 0 radical (unpaired) electrons. The summed E-state index contributed by atoms with van der Waals surface area (Å²) in [6.45, 7) is 5.42. The van der Waals surface area contributed by atoms with E-state index in [0.717, 1.165) is 12.1 Å². The largest absolute Gasteiger partial charge is 0.502 e. The Kier molecular flexibility index (Phi) is 4.67. The van der Waals surface area contributed by atoms with Crippen LogP contribution in [0.2, 0.25) is 0 Å². The maximum absolute atomic E-state index is 12.2. The Balaban J connectivity index is 3.02. The van der Waals surface area contributed by atoms with Gasteiger partial charge in [-0.3, -0.25) is 14.9 Å². The second-order valence-electron chi connectivity index (χ2n) is 5.09. The third-order valence-electron chi connectivity index (χ3n) is 2.67. The van der Waals surface area contributed by atoms with Crippen LogP contribution in [-0.4, -0.2) is 44.6 Å². The quantitative estimate of drug-likeness (QED) is 0.629. The Bertz CT molecular complexity index is 522. The van der Waals surface area contributed by atoms with Crippen molar-refractivity contribution in [2.75, 3.05) is 13.1 Å². The van der Waals surface area contributed by atoms with Crippen LogP contribution in [0.5, 0.6) is 5.75 Å². The van der Waals surface area contributed by atoms with Crippen LogP contribution in [0.3, 0.4) is 0 Å². The van der Waals surface area contributed by atoms with Gasteiger partial charge in [-0.2, -0.15) is 0 Å². The first-order chi connectivity index (χ1) is 9.15. The molecule has 0 aliphatic heterocycles. The second kappa shape index (κ2) is 5.87. The van der Waals surface area contributed by atoms with Gasteiger partial charge in [-0.1, -0.05) is 0 Å². The number of phenols is 1. The minimum Gasteiger partial charge on any atom is -0.502 e. The van der Waals surface area contributed by atoms with Crippen molar-refractivity contribution in [1.29, 1.82) is 0 Å². The summed E-state index contributed by atoms with van der Waals surface area (Å²) in [4.78, 5) is 23.5. The first-order valence-corrected chi connectivity index (χ1v) is 6.14. The van der Waals surface area contributed by atoms with Crippen LogP contribution >= 0.6 is 0 Å². The Morgan fingerprint density at radius 3 is 2.45 bits per heavy atom. The van der Waals surface area contributed by atoms with Gasteiger partial charge in [0.1, 0.15) is 0 Å². The van der Waals surface area contributed by atoms with Gasteiger partial charge in [0.15, 0.2) is 5.75 Å². The van der Waals surface area contributed by atoms with Crippen LogP contribution in [0.4, 0.5) is 5.69 Å². The molecule has 0 bridgehead atoms. The Hall–Kier alpha value is -2.15. The number of benzene rings is 1. The zero-order chi connectivity index (χ0) is 15.5. The summed E-state index contributed by atoms with van der Waals surface area (Å²) < 4.78 is 0. The van der Waals surface area contributed by atoms with E-state index in [1.165, 1.54) is 11.0 Å². The van der Waals surface area contributed by atoms with Gasteiger partial charge in [-0.05, 0) is 32.9 Å². The lowest BCUT2D eigenvalue weighted by atomic mass is 10.1. The number of amides is 1. The number of nitro groups is 1. The fraction of sp³-hybridized carbons (Fsp3) is 0.462. The first-order valence-electron chi connectivity index (χ1n) is 6.14. The Morgan fingerprint density at radius 2 is 2.05 bits per heavy atom. The van der Waals surface area contributed by atoms with Crippen molar-refractivity contribution in [2.24, 2.45) is 0 Å². The van der Waals surface area contributed by atoms with E-state index in [0.29, 0.717) is 6.54 Å². The molecule has 0 aromatic heterocycles. The molecular weight excluding hydrogens is 264 g/mol. The SMILES string of the molecule is CCN(CC(C)(C)O)C(=O)c1ccc([N+](=O)[O-])c(O)c1. The molecule has 1 aromatic rings. The highest BCUT2D eigenvalue weighted by Crippen LogP contribution is 2.26. The van der Waals surface area contributed by atoms with E-state index < -0.39 is 27.9 Å². The fourth-order valence-corrected chi connectivity index (χ4v) is 1.79. The molecule has 20 heavy (non-hydrogen) atoms. The summed E-state index contributed by atoms with van der Waals surface area (Å²) in [5.41, 5.74) is -1.36. The minimum atomic E-state index is -1.05. The predicted octanol–water partition coefficient (Wildman–Crippen LogP) is 1.53. The van der Waals surface area contributed by atoms with Gasteiger partial charge in [0, 0.05) is 24.7 Å². The molecule has 7 heteroatoms. The summed E-state index contributed by atoms with van der Waals surface area (Å²) in [6.07, 6.45) is 0. The molecular formula is C13H18N2O5. The number of phenolic OH excluding ortho intramolecular Hbond substituents is 1. The molecule has 0 saturated heterocycles. The van der Waals surface area contributed by atoms with Crippen molar-refractivity contribution in [1.82, 2.24) is 4.90 Å². The van der Waals surface area contributed by atoms with E-state index in [2.05, 4.69) is 0 Å². The summed E-state index contributed by atoms with van der Waals surface area (Å²) in [5, 5.41) is 29.9. The third-order valence-corrected chi connectivity index (χ3v) is 2.67. The third kappa shape index (κ3) is 3.92. The van der Waals surface area contributed by atoms with Crippen molar-refractivity contribution in [2.45, 2.75) is 26.4 Å². The molecule has 0 spiro atoms. The van der Waals surface area contributed by atoms with Crippen molar-refractivity contribution in [3.8, 4) is 5.75 Å².